The minimum absolute atomic E-state index is 0.575. The van der Waals surface area contributed by atoms with Crippen LogP contribution in [0.4, 0.5) is 0 Å². The third-order valence-corrected chi connectivity index (χ3v) is 9.37. The zero-order valence-electron chi connectivity index (χ0n) is 17.3. The number of nitrogens with zero attached hydrogens (tertiary/aromatic N) is 1. The second-order valence-electron chi connectivity index (χ2n) is 10.7. The molecule has 0 aromatic heterocycles. The maximum absolute atomic E-state index is 2.73. The van der Waals surface area contributed by atoms with E-state index in [0.717, 1.165) is 23.7 Å². The molecule has 0 aliphatic heterocycles. The Hall–Kier alpha value is -0.300. The maximum Gasteiger partial charge on any atom is -0.00247 e. The van der Waals surface area contributed by atoms with E-state index in [1.807, 2.05) is 5.57 Å². The molecule has 4 rings (SSSR count). The normalized spacial score (nSPS) is 46.4. The second kappa shape index (κ2) is 6.70. The monoisotopic (exact) mass is 343 g/mol. The number of allylic oxidation sites excluding steroid dienone is 2. The molecular formula is C24H41N. The predicted molar refractivity (Wildman–Crippen MR) is 108 cm³/mol. The zero-order chi connectivity index (χ0) is 17.7. The quantitative estimate of drug-likeness (QED) is 0.542. The second-order valence-corrected chi connectivity index (χ2v) is 10.7. The smallest absolute Gasteiger partial charge is 0.00247 e. The van der Waals surface area contributed by atoms with Crippen LogP contribution in [0.1, 0.15) is 84.5 Å². The van der Waals surface area contributed by atoms with Crippen LogP contribution in [0.3, 0.4) is 0 Å². The molecular weight excluding hydrogens is 302 g/mol. The largest absolute Gasteiger partial charge is 0.309 e. The van der Waals surface area contributed by atoms with E-state index in [-0.39, 0.29) is 0 Å². The molecule has 1 heteroatoms. The van der Waals surface area contributed by atoms with E-state index in [9.17, 15) is 0 Å². The van der Waals surface area contributed by atoms with E-state index >= 15 is 0 Å². The molecule has 0 heterocycles. The van der Waals surface area contributed by atoms with Crippen LogP contribution in [0, 0.1) is 34.5 Å². The Balaban J connectivity index is 1.51. The fourth-order valence-electron chi connectivity index (χ4n) is 7.94. The van der Waals surface area contributed by atoms with Gasteiger partial charge in [0.15, 0.2) is 0 Å². The fourth-order valence-corrected chi connectivity index (χ4v) is 7.94. The average molecular weight is 344 g/mol. The van der Waals surface area contributed by atoms with E-state index < -0.39 is 0 Å². The molecule has 25 heavy (non-hydrogen) atoms. The molecule has 4 aliphatic rings. The van der Waals surface area contributed by atoms with Crippen molar-refractivity contribution in [3.05, 3.63) is 11.6 Å². The van der Waals surface area contributed by atoms with Gasteiger partial charge in [-0.15, -0.1) is 0 Å². The Morgan fingerprint density at radius 1 is 1.04 bits per heavy atom. The van der Waals surface area contributed by atoms with Crippen molar-refractivity contribution in [1.82, 2.24) is 4.90 Å². The summed E-state index contributed by atoms with van der Waals surface area (Å²) in [7, 11) is 4.45. The highest BCUT2D eigenvalue weighted by molar-refractivity contribution is 5.24. The number of hydrogen-bond donors (Lipinski definition) is 0. The van der Waals surface area contributed by atoms with Crippen LogP contribution in [0.2, 0.25) is 0 Å². The van der Waals surface area contributed by atoms with Crippen LogP contribution in [0.15, 0.2) is 11.6 Å². The average Bonchev–Trinajstić information content (AvgIpc) is 2.91. The number of fused-ring (bicyclic) bond motifs is 5. The molecule has 0 spiro atoms. The van der Waals surface area contributed by atoms with Gasteiger partial charge in [0.1, 0.15) is 0 Å². The van der Waals surface area contributed by atoms with Crippen LogP contribution in [-0.2, 0) is 0 Å². The van der Waals surface area contributed by atoms with Crippen molar-refractivity contribution in [3.63, 3.8) is 0 Å². The lowest BCUT2D eigenvalue weighted by molar-refractivity contribution is -0.0426. The van der Waals surface area contributed by atoms with Crippen molar-refractivity contribution in [1.29, 1.82) is 0 Å². The molecule has 3 fully saturated rings. The Kier molecular flexibility index (Phi) is 4.84. The van der Waals surface area contributed by atoms with Crippen LogP contribution in [-0.4, -0.2) is 25.5 Å². The van der Waals surface area contributed by atoms with E-state index in [2.05, 4.69) is 38.9 Å². The molecule has 0 unspecified atom stereocenters. The van der Waals surface area contributed by atoms with Gasteiger partial charge >= 0.3 is 0 Å². The van der Waals surface area contributed by atoms with Crippen LogP contribution >= 0.6 is 0 Å². The summed E-state index contributed by atoms with van der Waals surface area (Å²) >= 11 is 0. The Morgan fingerprint density at radius 3 is 2.68 bits per heavy atom. The molecule has 0 aromatic rings. The van der Waals surface area contributed by atoms with Crippen molar-refractivity contribution < 1.29 is 0 Å². The van der Waals surface area contributed by atoms with Crippen molar-refractivity contribution >= 4 is 0 Å². The van der Waals surface area contributed by atoms with Gasteiger partial charge in [0, 0.05) is 0 Å². The van der Waals surface area contributed by atoms with Crippen LogP contribution < -0.4 is 0 Å². The van der Waals surface area contributed by atoms with E-state index in [1.165, 1.54) is 77.2 Å². The molecule has 0 radical (unpaired) electrons. The van der Waals surface area contributed by atoms with E-state index in [4.69, 9.17) is 0 Å². The molecule has 0 N–H and O–H groups in total. The van der Waals surface area contributed by atoms with Crippen LogP contribution in [0.25, 0.3) is 0 Å². The minimum Gasteiger partial charge on any atom is -0.309 e. The maximum atomic E-state index is 2.73. The Labute approximate surface area is 156 Å². The SMILES string of the molecule is CN(C)CCC[C@@H]1CC[C@H]2[C@@H]3CC=C4CCCC[C@]4(C)[C@H]3CC[C@]12C. The summed E-state index contributed by atoms with van der Waals surface area (Å²) in [5.41, 5.74) is 3.10. The highest BCUT2D eigenvalue weighted by atomic mass is 15.0. The summed E-state index contributed by atoms with van der Waals surface area (Å²) < 4.78 is 0. The molecule has 142 valence electrons. The third-order valence-electron chi connectivity index (χ3n) is 9.37. The number of hydrogen-bond acceptors (Lipinski definition) is 1. The standard InChI is InChI=1S/C24H41N/c1-23-15-6-5-8-18(23)10-12-20-21-13-11-19(9-7-17-25(3)4)24(21,2)16-14-22(20)23/h10,19-22H,5-9,11-17H2,1-4H3/t19-,20+,21+,22+,23+,24-/m1/s1. The topological polar surface area (TPSA) is 3.24 Å². The summed E-state index contributed by atoms with van der Waals surface area (Å²) in [6.45, 7) is 6.62. The summed E-state index contributed by atoms with van der Waals surface area (Å²) in [6, 6.07) is 0. The predicted octanol–water partition coefficient (Wildman–Crippen LogP) is 6.30. The molecule has 1 nitrogen and oxygen atoms in total. The van der Waals surface area contributed by atoms with Gasteiger partial charge in [-0.25, -0.2) is 0 Å². The first-order chi connectivity index (χ1) is 11.9. The van der Waals surface area contributed by atoms with Crippen LogP contribution in [0.5, 0.6) is 0 Å². The van der Waals surface area contributed by atoms with Gasteiger partial charge in [0.05, 0.1) is 0 Å². The molecule has 0 amide bonds. The lowest BCUT2D eigenvalue weighted by atomic mass is 9.47. The lowest BCUT2D eigenvalue weighted by Gasteiger charge is -2.57. The van der Waals surface area contributed by atoms with Gasteiger partial charge in [0.25, 0.3) is 0 Å². The van der Waals surface area contributed by atoms with Gasteiger partial charge in [-0.05, 0) is 119 Å². The van der Waals surface area contributed by atoms with Gasteiger partial charge in [-0.2, -0.15) is 0 Å². The first kappa shape index (κ1) is 18.1. The van der Waals surface area contributed by atoms with Gasteiger partial charge in [-0.1, -0.05) is 31.9 Å². The molecule has 0 saturated heterocycles. The minimum atomic E-state index is 0.575. The summed E-state index contributed by atoms with van der Waals surface area (Å²) in [4.78, 5) is 2.36. The molecule has 4 aliphatic carbocycles. The third kappa shape index (κ3) is 2.93. The summed E-state index contributed by atoms with van der Waals surface area (Å²) in [5.74, 6) is 4.03. The fraction of sp³-hybridized carbons (Fsp3) is 0.917. The number of rotatable bonds is 4. The van der Waals surface area contributed by atoms with Gasteiger partial charge < -0.3 is 4.90 Å². The molecule has 6 atom stereocenters. The summed E-state index contributed by atoms with van der Waals surface area (Å²) in [6.07, 6.45) is 18.9. The first-order valence-corrected chi connectivity index (χ1v) is 11.3. The highest BCUT2D eigenvalue weighted by Crippen LogP contribution is 2.66. The molecule has 0 aromatic carbocycles. The van der Waals surface area contributed by atoms with Crippen molar-refractivity contribution in [3.8, 4) is 0 Å². The highest BCUT2D eigenvalue weighted by Gasteiger charge is 2.57. The molecule has 3 saturated carbocycles. The lowest BCUT2D eigenvalue weighted by Crippen LogP contribution is -2.49. The van der Waals surface area contributed by atoms with E-state index in [0.29, 0.717) is 10.8 Å². The Morgan fingerprint density at radius 2 is 1.88 bits per heavy atom. The van der Waals surface area contributed by atoms with Crippen molar-refractivity contribution in [2.75, 3.05) is 20.6 Å². The van der Waals surface area contributed by atoms with Gasteiger partial charge in [0.2, 0.25) is 0 Å². The van der Waals surface area contributed by atoms with Crippen molar-refractivity contribution in [2.45, 2.75) is 84.5 Å². The van der Waals surface area contributed by atoms with Crippen molar-refractivity contribution in [2.24, 2.45) is 34.5 Å². The van der Waals surface area contributed by atoms with E-state index in [1.54, 1.807) is 0 Å². The zero-order valence-corrected chi connectivity index (χ0v) is 17.3. The first-order valence-electron chi connectivity index (χ1n) is 11.3. The molecule has 0 bridgehead atoms. The van der Waals surface area contributed by atoms with Gasteiger partial charge in [-0.3, -0.25) is 0 Å². The Bertz CT molecular complexity index is 520. The summed E-state index contributed by atoms with van der Waals surface area (Å²) in [5, 5.41) is 0.